The maximum atomic E-state index is 11.8. The van der Waals surface area contributed by atoms with Gasteiger partial charge < -0.3 is 5.32 Å². The zero-order valence-corrected chi connectivity index (χ0v) is 9.07. The van der Waals surface area contributed by atoms with Crippen LogP contribution in [0.1, 0.15) is 11.5 Å². The van der Waals surface area contributed by atoms with Crippen molar-refractivity contribution in [2.24, 2.45) is 11.0 Å². The number of anilines is 1. The molecule has 0 bridgehead atoms. The summed E-state index contributed by atoms with van der Waals surface area (Å²) in [6.07, 6.45) is 0. The molecule has 0 spiro atoms. The number of para-hydroxylation sites is 1. The molecule has 2 unspecified atom stereocenters. The van der Waals surface area contributed by atoms with E-state index < -0.39 is 23.7 Å². The van der Waals surface area contributed by atoms with Crippen molar-refractivity contribution in [2.75, 3.05) is 5.32 Å². The van der Waals surface area contributed by atoms with E-state index in [-0.39, 0.29) is 0 Å². The second kappa shape index (κ2) is 4.57. The van der Waals surface area contributed by atoms with Gasteiger partial charge in [0.05, 0.1) is 12.0 Å². The molecule has 1 N–H and O–H groups in total. The van der Waals surface area contributed by atoms with E-state index in [4.69, 9.17) is 10.8 Å². The fourth-order valence-corrected chi connectivity index (χ4v) is 1.94. The molecule has 0 aromatic heterocycles. The number of amides is 2. The van der Waals surface area contributed by atoms with Gasteiger partial charge in [0, 0.05) is 10.6 Å². The minimum absolute atomic E-state index is 0.441. The lowest BCUT2D eigenvalue weighted by Gasteiger charge is -2.11. The van der Waals surface area contributed by atoms with Crippen molar-refractivity contribution in [2.45, 2.75) is 5.92 Å². The van der Waals surface area contributed by atoms with Crippen molar-refractivity contribution >= 4 is 17.5 Å². The molecule has 1 aromatic rings. The molecule has 2 amide bonds. The highest BCUT2D eigenvalue weighted by atomic mass is 16.2. The number of fused-ring (bicyclic) bond motifs is 1. The highest BCUT2D eigenvalue weighted by molar-refractivity contribution is 6.06. The molecule has 1 aliphatic rings. The predicted molar refractivity (Wildman–Crippen MR) is 61.1 cm³/mol. The first-order valence-electron chi connectivity index (χ1n) is 5.07. The van der Waals surface area contributed by atoms with Crippen LogP contribution in [0.25, 0.3) is 10.4 Å². The lowest BCUT2D eigenvalue weighted by atomic mass is 9.87. The van der Waals surface area contributed by atoms with Gasteiger partial charge in [0.1, 0.15) is 5.92 Å². The average molecular weight is 241 g/mol. The van der Waals surface area contributed by atoms with Crippen LogP contribution in [0.2, 0.25) is 0 Å². The van der Waals surface area contributed by atoms with Crippen molar-refractivity contribution < 1.29 is 9.59 Å². The third kappa shape index (κ3) is 1.77. The first kappa shape index (κ1) is 11.6. The fourth-order valence-electron chi connectivity index (χ4n) is 1.94. The van der Waals surface area contributed by atoms with Gasteiger partial charge in [-0.05, 0) is 22.3 Å². The maximum absolute atomic E-state index is 11.8. The highest BCUT2D eigenvalue weighted by Crippen LogP contribution is 2.37. The van der Waals surface area contributed by atoms with Crippen LogP contribution in [0, 0.1) is 17.2 Å². The molecule has 1 aromatic carbocycles. The van der Waals surface area contributed by atoms with Gasteiger partial charge in [0.15, 0.2) is 0 Å². The Bertz CT molecular complexity index is 612. The van der Waals surface area contributed by atoms with Gasteiger partial charge in [0.2, 0.25) is 11.8 Å². The molecular formula is C11H7N5O2. The van der Waals surface area contributed by atoms with E-state index in [0.717, 1.165) is 0 Å². The van der Waals surface area contributed by atoms with Crippen LogP contribution in [-0.4, -0.2) is 11.8 Å². The quantitative estimate of drug-likeness (QED) is 0.482. The Balaban J connectivity index is 2.44. The normalized spacial score (nSPS) is 17.9. The maximum Gasteiger partial charge on any atom is 0.237 e. The van der Waals surface area contributed by atoms with E-state index >= 15 is 0 Å². The Morgan fingerprint density at radius 1 is 1.56 bits per heavy atom. The minimum atomic E-state index is -1.30. The summed E-state index contributed by atoms with van der Waals surface area (Å²) in [7, 11) is 0. The first-order valence-corrected chi connectivity index (χ1v) is 5.07. The topological polar surface area (TPSA) is 119 Å². The smallest absolute Gasteiger partial charge is 0.237 e. The Kier molecular flexibility index (Phi) is 2.96. The zero-order valence-electron chi connectivity index (χ0n) is 9.07. The number of nitrogens with zero attached hydrogens (tertiary/aromatic N) is 4. The predicted octanol–water partition coefficient (Wildman–Crippen LogP) is 1.70. The standard InChI is InChI=1S/C11H7N5O2/c12-5-7(10(17)15-16-13)9-6-3-1-2-4-8(6)14-11(9)18/h1-4,7,9H,(H,14,18). The summed E-state index contributed by atoms with van der Waals surface area (Å²) in [5.74, 6) is -3.62. The van der Waals surface area contributed by atoms with Crippen LogP contribution < -0.4 is 5.32 Å². The Hall–Kier alpha value is -2.84. The summed E-state index contributed by atoms with van der Waals surface area (Å²) < 4.78 is 0. The average Bonchev–Trinajstić information content (AvgIpc) is 2.68. The Morgan fingerprint density at radius 3 is 2.94 bits per heavy atom. The van der Waals surface area contributed by atoms with E-state index in [2.05, 4.69) is 15.3 Å². The largest absolute Gasteiger partial charge is 0.325 e. The number of nitrogens with one attached hydrogen (secondary N) is 1. The number of hydrogen-bond donors (Lipinski definition) is 1. The summed E-state index contributed by atoms with van der Waals surface area (Å²) in [5.41, 5.74) is 9.35. The number of azide groups is 1. The van der Waals surface area contributed by atoms with Gasteiger partial charge in [-0.25, -0.2) is 0 Å². The lowest BCUT2D eigenvalue weighted by molar-refractivity contribution is -0.125. The number of nitriles is 1. The van der Waals surface area contributed by atoms with Crippen molar-refractivity contribution in [1.29, 1.82) is 5.26 Å². The van der Waals surface area contributed by atoms with Crippen molar-refractivity contribution in [3.05, 3.63) is 40.3 Å². The number of benzene rings is 1. The van der Waals surface area contributed by atoms with Crippen molar-refractivity contribution in [3.8, 4) is 6.07 Å². The van der Waals surface area contributed by atoms with Crippen molar-refractivity contribution in [1.82, 2.24) is 0 Å². The molecule has 0 aliphatic carbocycles. The molecular weight excluding hydrogens is 234 g/mol. The van der Waals surface area contributed by atoms with Gasteiger partial charge >= 0.3 is 0 Å². The summed E-state index contributed by atoms with van der Waals surface area (Å²) in [6, 6.07) is 8.50. The first-order chi connectivity index (χ1) is 8.69. The van der Waals surface area contributed by atoms with Crippen molar-refractivity contribution in [3.63, 3.8) is 0 Å². The molecule has 2 rings (SSSR count). The molecule has 0 radical (unpaired) electrons. The van der Waals surface area contributed by atoms with E-state index in [9.17, 15) is 9.59 Å². The lowest BCUT2D eigenvalue weighted by Crippen LogP contribution is -2.25. The molecule has 18 heavy (non-hydrogen) atoms. The van der Waals surface area contributed by atoms with E-state index in [1.54, 1.807) is 30.3 Å². The van der Waals surface area contributed by atoms with Gasteiger partial charge in [-0.15, -0.1) is 0 Å². The third-order valence-electron chi connectivity index (χ3n) is 2.72. The molecule has 0 saturated carbocycles. The van der Waals surface area contributed by atoms with Gasteiger partial charge in [-0.3, -0.25) is 9.59 Å². The minimum Gasteiger partial charge on any atom is -0.325 e. The second-order valence-corrected chi connectivity index (χ2v) is 3.69. The van der Waals surface area contributed by atoms with Gasteiger partial charge in [0.25, 0.3) is 0 Å². The van der Waals surface area contributed by atoms with Crippen LogP contribution in [0.15, 0.2) is 29.4 Å². The van der Waals surface area contributed by atoms with E-state index in [1.807, 2.05) is 0 Å². The fraction of sp³-hybridized carbons (Fsp3) is 0.182. The Morgan fingerprint density at radius 2 is 2.28 bits per heavy atom. The monoisotopic (exact) mass is 241 g/mol. The van der Waals surface area contributed by atoms with E-state index in [1.165, 1.54) is 0 Å². The summed E-state index contributed by atoms with van der Waals surface area (Å²) in [6.45, 7) is 0. The van der Waals surface area contributed by atoms with Crippen LogP contribution in [0.3, 0.4) is 0 Å². The molecule has 88 valence electrons. The molecule has 1 aliphatic heterocycles. The molecule has 1 heterocycles. The highest BCUT2D eigenvalue weighted by Gasteiger charge is 2.40. The number of rotatable bonds is 2. The SMILES string of the molecule is N#CC(C(=O)N=[N+]=[N-])C1C(=O)Nc2ccccc21. The number of carbonyl (C=O) groups is 2. The molecule has 7 nitrogen and oxygen atoms in total. The van der Waals surface area contributed by atoms with E-state index in [0.29, 0.717) is 11.3 Å². The summed E-state index contributed by atoms with van der Waals surface area (Å²) in [4.78, 5) is 25.6. The molecule has 7 heteroatoms. The third-order valence-corrected chi connectivity index (χ3v) is 2.72. The zero-order chi connectivity index (χ0) is 13.1. The summed E-state index contributed by atoms with van der Waals surface area (Å²) in [5, 5.41) is 14.5. The summed E-state index contributed by atoms with van der Waals surface area (Å²) >= 11 is 0. The van der Waals surface area contributed by atoms with Crippen LogP contribution >= 0.6 is 0 Å². The molecule has 0 saturated heterocycles. The molecule has 0 fully saturated rings. The van der Waals surface area contributed by atoms with Crippen LogP contribution in [0.5, 0.6) is 0 Å². The second-order valence-electron chi connectivity index (χ2n) is 3.69. The molecule has 2 atom stereocenters. The van der Waals surface area contributed by atoms with Gasteiger partial charge in [-0.2, -0.15) is 5.26 Å². The van der Waals surface area contributed by atoms with Gasteiger partial charge in [-0.1, -0.05) is 18.2 Å². The number of hydrogen-bond acceptors (Lipinski definition) is 3. The number of carbonyl (C=O) groups excluding carboxylic acids is 2. The van der Waals surface area contributed by atoms with Crippen LogP contribution in [0.4, 0.5) is 5.69 Å². The Labute approximate surface area is 102 Å². The van der Waals surface area contributed by atoms with Crippen LogP contribution in [-0.2, 0) is 9.59 Å².